The molecule has 0 aliphatic carbocycles. The molecule has 0 bridgehead atoms. The van der Waals surface area contributed by atoms with Crippen LogP contribution in [0.4, 0.5) is 11.8 Å². The molecule has 3 saturated heterocycles. The van der Waals surface area contributed by atoms with E-state index in [0.29, 0.717) is 0 Å². The number of rotatable bonds is 3. The van der Waals surface area contributed by atoms with E-state index in [4.69, 9.17) is 43.6 Å². The smallest absolute Gasteiger partial charge is 0.386 e. The molecule has 4 aromatic heterocycles. The molecule has 7 heterocycles. The van der Waals surface area contributed by atoms with Gasteiger partial charge in [-0.2, -0.15) is 4.98 Å². The zero-order chi connectivity index (χ0) is 32.5. The Morgan fingerprint density at radius 1 is 0.913 bits per heavy atom. The van der Waals surface area contributed by atoms with Gasteiger partial charge < -0.3 is 36.0 Å². The number of imidazole rings is 2. The highest BCUT2D eigenvalue weighted by atomic mass is 31.2. The summed E-state index contributed by atoms with van der Waals surface area (Å²) < 4.78 is 67.8. The Hall–Kier alpha value is -3.44. The Bertz CT molecular complexity index is 1950. The standard InChI is InChI=1S/C21H26N10O13P2/c1-38-46(37)40-3-8-13(11(32)20(42-8)31-6-27-10-17(31)28-21(23)29-18(10)34)43-45(35,36)39-2-7-14(44-46)12(33)19(41-7)30-5-26-9-15(22)24-4-25-16(9)30/h4-8,11-14,19-20,32-33H,2-3H2,1H3,(H,35,36)(H2,22,24,25)(H3,23,28,29,34)/t7-,8-,11-,12-,13-,14-,19-,20-,46?/m1/s1. The van der Waals surface area contributed by atoms with E-state index in [1.54, 1.807) is 0 Å². The summed E-state index contributed by atoms with van der Waals surface area (Å²) in [4.78, 5) is 45.3. The van der Waals surface area contributed by atoms with Gasteiger partial charge in [-0.1, -0.05) is 0 Å². The summed E-state index contributed by atoms with van der Waals surface area (Å²) in [5.74, 6) is -0.189. The Balaban J connectivity index is 1.19. The third-order valence-corrected chi connectivity index (χ3v) is 9.93. The van der Waals surface area contributed by atoms with E-state index in [0.717, 1.165) is 18.0 Å². The number of anilines is 2. The van der Waals surface area contributed by atoms with Crippen LogP contribution in [0.5, 0.6) is 0 Å². The van der Waals surface area contributed by atoms with E-state index < -0.39 is 83.5 Å². The van der Waals surface area contributed by atoms with Crippen LogP contribution in [0, 0.1) is 0 Å². The molecule has 46 heavy (non-hydrogen) atoms. The van der Waals surface area contributed by atoms with E-state index in [1.165, 1.54) is 17.2 Å². The first-order valence-electron chi connectivity index (χ1n) is 13.3. The van der Waals surface area contributed by atoms with E-state index in [-0.39, 0.29) is 34.1 Å². The Labute approximate surface area is 255 Å². The van der Waals surface area contributed by atoms with Gasteiger partial charge in [0.15, 0.2) is 35.1 Å². The number of nitrogens with two attached hydrogens (primary N) is 2. The van der Waals surface area contributed by atoms with E-state index >= 15 is 0 Å². The van der Waals surface area contributed by atoms with Crippen molar-refractivity contribution in [2.75, 3.05) is 31.8 Å². The number of aromatic amines is 1. The van der Waals surface area contributed by atoms with Gasteiger partial charge in [0.2, 0.25) is 5.95 Å². The second-order valence-electron chi connectivity index (χ2n) is 10.3. The first-order chi connectivity index (χ1) is 21.9. The summed E-state index contributed by atoms with van der Waals surface area (Å²) in [6.45, 7) is -1.46. The fourth-order valence-corrected chi connectivity index (χ4v) is 7.51. The number of nitrogen functional groups attached to an aromatic ring is 2. The number of hydrogen-bond acceptors (Lipinski definition) is 19. The number of phosphoric acid groups is 2. The summed E-state index contributed by atoms with van der Waals surface area (Å²) in [6, 6.07) is 0. The summed E-state index contributed by atoms with van der Waals surface area (Å²) in [5.41, 5.74) is 11.0. The van der Waals surface area contributed by atoms with Crippen molar-refractivity contribution in [3.63, 3.8) is 0 Å². The van der Waals surface area contributed by atoms with Crippen molar-refractivity contribution in [1.29, 1.82) is 0 Å². The van der Waals surface area contributed by atoms with Gasteiger partial charge in [-0.25, -0.2) is 29.1 Å². The summed E-state index contributed by atoms with van der Waals surface area (Å²) in [5, 5.41) is 22.5. The molecule has 0 saturated carbocycles. The van der Waals surface area contributed by atoms with Crippen molar-refractivity contribution >= 4 is 49.7 Å². The van der Waals surface area contributed by atoms with Gasteiger partial charge >= 0.3 is 15.6 Å². The quantitative estimate of drug-likeness (QED) is 0.131. The molecule has 10 atom stereocenters. The van der Waals surface area contributed by atoms with Gasteiger partial charge in [-0.3, -0.25) is 41.5 Å². The minimum Gasteiger partial charge on any atom is -0.386 e. The molecule has 3 aliphatic heterocycles. The number of aliphatic hydroxyl groups excluding tert-OH is 2. The molecule has 0 amide bonds. The fraction of sp³-hybridized carbons (Fsp3) is 0.524. The maximum atomic E-state index is 13.7. The number of ether oxygens (including phenoxy) is 2. The fourth-order valence-electron chi connectivity index (χ4n) is 5.40. The van der Waals surface area contributed by atoms with Crippen LogP contribution in [0.2, 0.25) is 0 Å². The minimum atomic E-state index is -5.03. The minimum absolute atomic E-state index is 0.0606. The third-order valence-electron chi connectivity index (χ3n) is 7.53. The van der Waals surface area contributed by atoms with Gasteiger partial charge in [0, 0.05) is 7.11 Å². The molecule has 8 N–H and O–H groups in total. The molecule has 4 aromatic rings. The van der Waals surface area contributed by atoms with Crippen molar-refractivity contribution in [2.45, 2.75) is 49.1 Å². The largest absolute Gasteiger partial charge is 0.475 e. The maximum absolute atomic E-state index is 13.7. The number of phosphoric ester groups is 2. The molecule has 23 nitrogen and oxygen atoms in total. The zero-order valence-electron chi connectivity index (χ0n) is 23.4. The predicted molar refractivity (Wildman–Crippen MR) is 148 cm³/mol. The predicted octanol–water partition coefficient (Wildman–Crippen LogP) is -1.69. The van der Waals surface area contributed by atoms with Crippen molar-refractivity contribution < 1.29 is 56.3 Å². The highest BCUT2D eigenvalue weighted by molar-refractivity contribution is 7.48. The van der Waals surface area contributed by atoms with Gasteiger partial charge in [0.1, 0.15) is 48.5 Å². The van der Waals surface area contributed by atoms with Crippen LogP contribution < -0.4 is 17.0 Å². The second-order valence-corrected chi connectivity index (χ2v) is 13.4. The summed E-state index contributed by atoms with van der Waals surface area (Å²) in [7, 11) is -8.56. The Morgan fingerprint density at radius 3 is 2.20 bits per heavy atom. The van der Waals surface area contributed by atoms with Crippen LogP contribution in [-0.2, 0) is 41.2 Å². The normalized spacial score (nSPS) is 37.1. The van der Waals surface area contributed by atoms with E-state index in [2.05, 4.69) is 29.9 Å². The molecular weight excluding hydrogens is 662 g/mol. The van der Waals surface area contributed by atoms with Crippen LogP contribution in [0.15, 0.2) is 23.8 Å². The lowest BCUT2D eigenvalue weighted by Crippen LogP contribution is -2.39. The molecule has 2 unspecified atom stereocenters. The molecular formula is C21H26N10O13P2. The molecule has 7 rings (SSSR count). The van der Waals surface area contributed by atoms with Crippen molar-refractivity contribution in [3.8, 4) is 0 Å². The number of nitrogens with zero attached hydrogens (tertiary/aromatic N) is 7. The molecule has 0 radical (unpaired) electrons. The van der Waals surface area contributed by atoms with Crippen LogP contribution in [-0.4, -0.2) is 111 Å². The average molecular weight is 688 g/mol. The lowest BCUT2D eigenvalue weighted by atomic mass is 10.1. The average Bonchev–Trinajstić information content (AvgIpc) is 3.76. The third kappa shape index (κ3) is 5.29. The van der Waals surface area contributed by atoms with Crippen molar-refractivity contribution in [1.82, 2.24) is 39.0 Å². The lowest BCUT2D eigenvalue weighted by molar-refractivity contribution is -0.0674. The lowest BCUT2D eigenvalue weighted by Gasteiger charge is -2.28. The van der Waals surface area contributed by atoms with Crippen molar-refractivity contribution in [2.24, 2.45) is 0 Å². The SMILES string of the molecule is COP1(=O)OC[C@H]2O[C@@H](n3cnc4c(=O)[nH]c(N)nc43)[C@H](O)[C@@H]2OP(=O)(O)OC[C@H]2O[C@@H](n3cnc4c(N)ncnc43)[C@H](O)[C@@H]2O1. The number of nitrogens with one attached hydrogen (secondary N) is 1. The van der Waals surface area contributed by atoms with Gasteiger partial charge in [-0.05, 0) is 0 Å². The summed E-state index contributed by atoms with van der Waals surface area (Å²) >= 11 is 0. The van der Waals surface area contributed by atoms with Crippen LogP contribution in [0.3, 0.4) is 0 Å². The monoisotopic (exact) mass is 688 g/mol. The highest BCUT2D eigenvalue weighted by Crippen LogP contribution is 2.55. The van der Waals surface area contributed by atoms with E-state index in [9.17, 15) is 29.0 Å². The summed E-state index contributed by atoms with van der Waals surface area (Å²) in [6.07, 6.45) is -8.44. The topological polar surface area (TPSA) is 319 Å². The Morgan fingerprint density at radius 2 is 1.52 bits per heavy atom. The highest BCUT2D eigenvalue weighted by Gasteiger charge is 2.54. The second kappa shape index (κ2) is 11.4. The zero-order valence-corrected chi connectivity index (χ0v) is 25.2. The first kappa shape index (κ1) is 31.2. The number of aromatic nitrogens is 8. The van der Waals surface area contributed by atoms with Gasteiger partial charge in [0.25, 0.3) is 5.56 Å². The number of fused-ring (bicyclic) bond motifs is 4. The van der Waals surface area contributed by atoms with E-state index in [1.807, 2.05) is 0 Å². The van der Waals surface area contributed by atoms with Crippen LogP contribution in [0.25, 0.3) is 22.3 Å². The molecule has 3 aliphatic rings. The molecule has 3 fully saturated rings. The van der Waals surface area contributed by atoms with Gasteiger partial charge in [-0.15, -0.1) is 0 Å². The number of hydrogen-bond donors (Lipinski definition) is 6. The van der Waals surface area contributed by atoms with Crippen molar-refractivity contribution in [3.05, 3.63) is 29.3 Å². The van der Waals surface area contributed by atoms with Crippen LogP contribution >= 0.6 is 15.6 Å². The first-order valence-corrected chi connectivity index (χ1v) is 16.3. The molecule has 248 valence electrons. The Kier molecular flexibility index (Phi) is 7.70. The number of aliphatic hydroxyl groups is 2. The maximum Gasteiger partial charge on any atom is 0.475 e. The molecule has 25 heteroatoms. The van der Waals surface area contributed by atoms with Gasteiger partial charge in [0.05, 0.1) is 25.9 Å². The molecule has 0 aromatic carbocycles. The molecule has 0 spiro atoms. The number of H-pyrrole nitrogens is 1. The van der Waals surface area contributed by atoms with Crippen LogP contribution in [0.1, 0.15) is 12.5 Å².